The maximum Gasteiger partial charge on any atom is 0.321 e. The van der Waals surface area contributed by atoms with Crippen molar-refractivity contribution in [1.29, 1.82) is 0 Å². The number of hydrogen-bond acceptors (Lipinski definition) is 7. The van der Waals surface area contributed by atoms with Crippen molar-refractivity contribution < 1.29 is 9.00 Å². The Bertz CT molecular complexity index is 1040. The van der Waals surface area contributed by atoms with Crippen molar-refractivity contribution in [1.82, 2.24) is 29.8 Å². The van der Waals surface area contributed by atoms with Gasteiger partial charge in [0.25, 0.3) is 0 Å². The van der Waals surface area contributed by atoms with Gasteiger partial charge in [0.1, 0.15) is 0 Å². The molecular weight excluding hydrogens is 410 g/mol. The number of anilines is 1. The van der Waals surface area contributed by atoms with Crippen LogP contribution in [0.25, 0.3) is 10.6 Å². The summed E-state index contributed by atoms with van der Waals surface area (Å²) in [5.74, 6) is 0. The van der Waals surface area contributed by atoms with Crippen LogP contribution in [0.15, 0.2) is 23.7 Å². The summed E-state index contributed by atoms with van der Waals surface area (Å²) in [6.45, 7) is 7.06. The van der Waals surface area contributed by atoms with E-state index in [1.807, 2.05) is 37.6 Å². The first-order valence-corrected chi connectivity index (χ1v) is 11.5. The Morgan fingerprint density at radius 3 is 2.76 bits per heavy atom. The largest absolute Gasteiger partial charge is 0.337 e. The van der Waals surface area contributed by atoms with Gasteiger partial charge in [-0.05, 0) is 26.8 Å². The van der Waals surface area contributed by atoms with Crippen LogP contribution in [0.4, 0.5) is 9.93 Å². The molecule has 29 heavy (non-hydrogen) atoms. The molecule has 2 N–H and O–H groups in total. The molecule has 0 fully saturated rings. The van der Waals surface area contributed by atoms with Gasteiger partial charge in [0.05, 0.1) is 39.1 Å². The Morgan fingerprint density at radius 2 is 2.07 bits per heavy atom. The molecule has 0 spiro atoms. The third-order valence-electron chi connectivity index (χ3n) is 4.06. The van der Waals surface area contributed by atoms with Crippen LogP contribution in [-0.4, -0.2) is 47.5 Å². The SMILES string of the molecule is CCn1cnc(CCNC(=O)Nc2nc(C)c(-c3cc(C)nc(S(C)=O)n3)s2)c1. The molecule has 0 aliphatic heterocycles. The summed E-state index contributed by atoms with van der Waals surface area (Å²) in [7, 11) is -1.28. The van der Waals surface area contributed by atoms with Crippen LogP contribution in [0.3, 0.4) is 0 Å². The molecule has 11 heteroatoms. The molecule has 0 aromatic carbocycles. The molecule has 0 aliphatic rings. The quantitative estimate of drug-likeness (QED) is 0.553. The van der Waals surface area contributed by atoms with E-state index in [4.69, 9.17) is 0 Å². The van der Waals surface area contributed by atoms with Gasteiger partial charge in [-0.15, -0.1) is 0 Å². The highest BCUT2D eigenvalue weighted by molar-refractivity contribution is 7.84. The number of carbonyl (C=O) groups is 1. The van der Waals surface area contributed by atoms with Crippen molar-refractivity contribution >= 4 is 33.3 Å². The van der Waals surface area contributed by atoms with Crippen LogP contribution in [0, 0.1) is 13.8 Å². The van der Waals surface area contributed by atoms with E-state index in [1.165, 1.54) is 11.3 Å². The Labute approximate surface area is 175 Å². The van der Waals surface area contributed by atoms with Crippen molar-refractivity contribution in [3.63, 3.8) is 0 Å². The van der Waals surface area contributed by atoms with E-state index >= 15 is 0 Å². The first kappa shape index (κ1) is 21.1. The summed E-state index contributed by atoms with van der Waals surface area (Å²) < 4.78 is 13.7. The van der Waals surface area contributed by atoms with Crippen LogP contribution >= 0.6 is 11.3 Å². The lowest BCUT2D eigenvalue weighted by Crippen LogP contribution is -2.30. The summed E-state index contributed by atoms with van der Waals surface area (Å²) in [4.78, 5) is 30.2. The lowest BCUT2D eigenvalue weighted by Gasteiger charge is -2.04. The predicted octanol–water partition coefficient (Wildman–Crippen LogP) is 2.53. The van der Waals surface area contributed by atoms with E-state index < -0.39 is 10.8 Å². The Morgan fingerprint density at radius 1 is 1.28 bits per heavy atom. The number of nitrogens with one attached hydrogen (secondary N) is 2. The second-order valence-electron chi connectivity index (χ2n) is 6.39. The summed E-state index contributed by atoms with van der Waals surface area (Å²) in [5.41, 5.74) is 3.05. The van der Waals surface area contributed by atoms with Gasteiger partial charge in [-0.25, -0.2) is 24.7 Å². The first-order chi connectivity index (χ1) is 13.9. The predicted molar refractivity (Wildman–Crippen MR) is 114 cm³/mol. The van der Waals surface area contributed by atoms with Gasteiger partial charge in [-0.2, -0.15) is 0 Å². The third-order valence-corrected chi connectivity index (χ3v) is 5.85. The lowest BCUT2D eigenvalue weighted by atomic mass is 10.2. The number of thiazole rings is 1. The van der Waals surface area contributed by atoms with Crippen molar-refractivity contribution in [2.45, 2.75) is 38.9 Å². The number of carbonyl (C=O) groups excluding carboxylic acids is 1. The fourth-order valence-corrected chi connectivity index (χ4v) is 4.05. The van der Waals surface area contributed by atoms with E-state index in [2.05, 4.69) is 30.6 Å². The minimum atomic E-state index is -1.28. The maximum atomic E-state index is 12.2. The minimum absolute atomic E-state index is 0.283. The molecule has 3 heterocycles. The smallest absolute Gasteiger partial charge is 0.321 e. The molecule has 3 aromatic rings. The molecule has 9 nitrogen and oxygen atoms in total. The fraction of sp³-hybridized carbons (Fsp3) is 0.389. The Balaban J connectivity index is 1.62. The second-order valence-corrected chi connectivity index (χ2v) is 8.66. The van der Waals surface area contributed by atoms with Crippen molar-refractivity contribution in [3.05, 3.63) is 35.7 Å². The molecule has 154 valence electrons. The zero-order valence-corrected chi connectivity index (χ0v) is 18.4. The van der Waals surface area contributed by atoms with Gasteiger partial charge < -0.3 is 9.88 Å². The number of aryl methyl sites for hydroxylation is 3. The molecule has 3 rings (SSSR count). The zero-order valence-electron chi connectivity index (χ0n) is 16.7. The highest BCUT2D eigenvalue weighted by Crippen LogP contribution is 2.32. The molecule has 2 amide bonds. The van der Waals surface area contributed by atoms with E-state index in [-0.39, 0.29) is 11.2 Å². The molecule has 0 radical (unpaired) electrons. The molecular formula is C18H23N7O2S2. The van der Waals surface area contributed by atoms with Crippen molar-refractivity contribution in [2.75, 3.05) is 18.1 Å². The Hall–Kier alpha value is -2.66. The van der Waals surface area contributed by atoms with E-state index in [0.717, 1.165) is 28.5 Å². The fourth-order valence-electron chi connectivity index (χ4n) is 2.63. The molecule has 1 atom stereocenters. The highest BCUT2D eigenvalue weighted by atomic mass is 32.2. The van der Waals surface area contributed by atoms with Gasteiger partial charge >= 0.3 is 6.03 Å². The van der Waals surface area contributed by atoms with Crippen LogP contribution in [-0.2, 0) is 23.8 Å². The third kappa shape index (κ3) is 5.45. The lowest BCUT2D eigenvalue weighted by molar-refractivity contribution is 0.252. The molecule has 1 unspecified atom stereocenters. The highest BCUT2D eigenvalue weighted by Gasteiger charge is 2.15. The zero-order chi connectivity index (χ0) is 21.0. The minimum Gasteiger partial charge on any atom is -0.337 e. The van der Waals surface area contributed by atoms with E-state index in [9.17, 15) is 9.00 Å². The van der Waals surface area contributed by atoms with E-state index in [0.29, 0.717) is 23.8 Å². The van der Waals surface area contributed by atoms with Crippen LogP contribution in [0.5, 0.6) is 0 Å². The topological polar surface area (TPSA) is 115 Å². The number of urea groups is 1. The average Bonchev–Trinajstić information content (AvgIpc) is 3.27. The van der Waals surface area contributed by atoms with Gasteiger partial charge in [0.15, 0.2) is 5.13 Å². The second kappa shape index (κ2) is 9.23. The number of aromatic nitrogens is 5. The van der Waals surface area contributed by atoms with Gasteiger partial charge in [0, 0.05) is 37.7 Å². The van der Waals surface area contributed by atoms with Gasteiger partial charge in [-0.3, -0.25) is 9.53 Å². The summed E-state index contributed by atoms with van der Waals surface area (Å²) in [6.07, 6.45) is 5.95. The van der Waals surface area contributed by atoms with Crippen molar-refractivity contribution in [2.24, 2.45) is 0 Å². The average molecular weight is 434 g/mol. The van der Waals surface area contributed by atoms with Crippen molar-refractivity contribution in [3.8, 4) is 10.6 Å². The normalized spacial score (nSPS) is 12.0. The maximum absolute atomic E-state index is 12.2. The number of imidazole rings is 1. The summed E-state index contributed by atoms with van der Waals surface area (Å²) >= 11 is 1.32. The number of rotatable bonds is 7. The van der Waals surface area contributed by atoms with Gasteiger partial charge in [-0.1, -0.05) is 11.3 Å². The standard InChI is InChI=1S/C18H23N7O2S2/c1-5-25-9-13(20-10-25)6-7-19-16(26)24-17-22-12(3)15(28-17)14-8-11(2)21-18(23-14)29(4)27/h8-10H,5-7H2,1-4H3,(H2,19,22,24,26). The summed E-state index contributed by atoms with van der Waals surface area (Å²) in [5, 5.41) is 6.32. The van der Waals surface area contributed by atoms with Gasteiger partial charge in [0.2, 0.25) is 5.16 Å². The Kier molecular flexibility index (Phi) is 6.70. The molecule has 3 aromatic heterocycles. The monoisotopic (exact) mass is 433 g/mol. The molecule has 0 saturated heterocycles. The first-order valence-electron chi connectivity index (χ1n) is 9.08. The van der Waals surface area contributed by atoms with Crippen LogP contribution < -0.4 is 10.6 Å². The molecule has 0 bridgehead atoms. The molecule has 0 aliphatic carbocycles. The number of amides is 2. The molecule has 0 saturated carbocycles. The summed E-state index contributed by atoms with van der Waals surface area (Å²) in [6, 6.07) is 1.49. The number of hydrogen-bond donors (Lipinski definition) is 2. The van der Waals surface area contributed by atoms with E-state index in [1.54, 1.807) is 12.6 Å². The van der Waals surface area contributed by atoms with Crippen LogP contribution in [0.2, 0.25) is 0 Å². The number of nitrogens with zero attached hydrogens (tertiary/aromatic N) is 5. The van der Waals surface area contributed by atoms with Crippen LogP contribution in [0.1, 0.15) is 24.0 Å².